The number of amides is 1. The maximum absolute atomic E-state index is 12.4. The lowest BCUT2D eigenvalue weighted by molar-refractivity contribution is -0.146. The summed E-state index contributed by atoms with van der Waals surface area (Å²) in [6.07, 6.45) is 8.83. The van der Waals surface area contributed by atoms with Crippen molar-refractivity contribution in [3.05, 3.63) is 0 Å². The average Bonchev–Trinajstić information content (AvgIpc) is 3.13. The van der Waals surface area contributed by atoms with Crippen LogP contribution in [0.15, 0.2) is 0 Å². The molecule has 18 heavy (non-hydrogen) atoms. The van der Waals surface area contributed by atoms with E-state index >= 15 is 0 Å². The Bertz CT molecular complexity index is 304. The van der Waals surface area contributed by atoms with E-state index in [4.69, 9.17) is 5.11 Å². The molecule has 2 fully saturated rings. The highest BCUT2D eigenvalue weighted by molar-refractivity contribution is 5.83. The molecule has 0 aromatic heterocycles. The van der Waals surface area contributed by atoms with Crippen molar-refractivity contribution < 1.29 is 14.7 Å². The fourth-order valence-electron chi connectivity index (χ4n) is 2.79. The van der Waals surface area contributed by atoms with Gasteiger partial charge in [-0.05, 0) is 31.6 Å². The van der Waals surface area contributed by atoms with E-state index < -0.39 is 5.97 Å². The third-order valence-electron chi connectivity index (χ3n) is 4.02. The molecule has 0 spiro atoms. The lowest BCUT2D eigenvalue weighted by Gasteiger charge is -2.25. The molecular formula is C14H23NO3. The molecule has 0 aromatic carbocycles. The van der Waals surface area contributed by atoms with E-state index in [1.54, 1.807) is 4.90 Å². The summed E-state index contributed by atoms with van der Waals surface area (Å²) in [7, 11) is 0. The predicted octanol–water partition coefficient (Wildman–Crippen LogP) is 2.28. The first kappa shape index (κ1) is 13.4. The maximum atomic E-state index is 12.4. The summed E-state index contributed by atoms with van der Waals surface area (Å²) in [6, 6.07) is 0. The quantitative estimate of drug-likeness (QED) is 0.765. The molecule has 0 unspecified atom stereocenters. The summed E-state index contributed by atoms with van der Waals surface area (Å²) in [5.74, 6) is -0.173. The molecule has 0 atom stereocenters. The predicted molar refractivity (Wildman–Crippen MR) is 68.1 cm³/mol. The zero-order valence-electron chi connectivity index (χ0n) is 10.9. The Morgan fingerprint density at radius 1 is 1.00 bits per heavy atom. The molecule has 2 rings (SSSR count). The Labute approximate surface area is 108 Å². The summed E-state index contributed by atoms with van der Waals surface area (Å²) in [4.78, 5) is 24.9. The summed E-state index contributed by atoms with van der Waals surface area (Å²) < 4.78 is 0. The number of hydrogen-bond acceptors (Lipinski definition) is 2. The summed E-state index contributed by atoms with van der Waals surface area (Å²) in [5, 5.41) is 8.93. The van der Waals surface area contributed by atoms with Gasteiger partial charge in [-0.2, -0.15) is 0 Å². The number of carbonyl (C=O) groups is 2. The second-order valence-electron chi connectivity index (χ2n) is 5.74. The van der Waals surface area contributed by atoms with Crippen LogP contribution in [0.1, 0.15) is 51.4 Å². The third kappa shape index (κ3) is 4.00. The number of hydrogen-bond donors (Lipinski definition) is 1. The van der Waals surface area contributed by atoms with Crippen LogP contribution in [0.3, 0.4) is 0 Å². The van der Waals surface area contributed by atoms with Crippen LogP contribution in [0.25, 0.3) is 0 Å². The van der Waals surface area contributed by atoms with Gasteiger partial charge in [0.05, 0.1) is 0 Å². The van der Waals surface area contributed by atoms with Gasteiger partial charge in [0.2, 0.25) is 5.91 Å². The Morgan fingerprint density at radius 2 is 1.61 bits per heavy atom. The highest BCUT2D eigenvalue weighted by Crippen LogP contribution is 2.31. The molecule has 0 saturated heterocycles. The van der Waals surface area contributed by atoms with Crippen molar-refractivity contribution in [2.45, 2.75) is 51.4 Å². The second kappa shape index (κ2) is 6.21. The van der Waals surface area contributed by atoms with Crippen LogP contribution in [-0.4, -0.2) is 35.0 Å². The van der Waals surface area contributed by atoms with Gasteiger partial charge in [-0.1, -0.05) is 25.7 Å². The lowest BCUT2D eigenvalue weighted by atomic mass is 9.98. The van der Waals surface area contributed by atoms with Crippen molar-refractivity contribution in [1.82, 2.24) is 4.90 Å². The second-order valence-corrected chi connectivity index (χ2v) is 5.74. The van der Waals surface area contributed by atoms with Gasteiger partial charge in [-0.3, -0.25) is 9.59 Å². The third-order valence-corrected chi connectivity index (χ3v) is 4.02. The molecule has 0 heterocycles. The van der Waals surface area contributed by atoms with Crippen molar-refractivity contribution in [3.8, 4) is 0 Å². The molecule has 4 heteroatoms. The van der Waals surface area contributed by atoms with Crippen molar-refractivity contribution in [2.24, 2.45) is 11.8 Å². The van der Waals surface area contributed by atoms with Crippen LogP contribution in [0.5, 0.6) is 0 Å². The number of rotatable bonds is 5. The van der Waals surface area contributed by atoms with E-state index in [0.717, 1.165) is 38.5 Å². The molecule has 102 valence electrons. The van der Waals surface area contributed by atoms with E-state index in [2.05, 4.69) is 0 Å². The van der Waals surface area contributed by atoms with Crippen molar-refractivity contribution in [1.29, 1.82) is 0 Å². The standard InChI is InChI=1S/C14H23NO3/c16-13(17)10-15(9-11-7-8-11)14(18)12-5-3-1-2-4-6-12/h11-12H,1-10H2,(H,16,17). The smallest absolute Gasteiger partial charge is 0.323 e. The fourth-order valence-corrected chi connectivity index (χ4v) is 2.79. The summed E-state index contributed by atoms with van der Waals surface area (Å²) in [5.41, 5.74) is 0. The fraction of sp³-hybridized carbons (Fsp3) is 0.857. The van der Waals surface area contributed by atoms with Crippen LogP contribution >= 0.6 is 0 Å². The van der Waals surface area contributed by atoms with Gasteiger partial charge >= 0.3 is 5.97 Å². The number of carbonyl (C=O) groups excluding carboxylic acids is 1. The monoisotopic (exact) mass is 253 g/mol. The van der Waals surface area contributed by atoms with Crippen LogP contribution in [0, 0.1) is 11.8 Å². The van der Waals surface area contributed by atoms with Gasteiger partial charge < -0.3 is 10.0 Å². The number of carboxylic acids is 1. The van der Waals surface area contributed by atoms with Crippen LogP contribution in [0.2, 0.25) is 0 Å². The van der Waals surface area contributed by atoms with Gasteiger partial charge in [0, 0.05) is 12.5 Å². The SMILES string of the molecule is O=C(O)CN(CC1CC1)C(=O)C1CCCCCC1. The van der Waals surface area contributed by atoms with Crippen LogP contribution in [0.4, 0.5) is 0 Å². The largest absolute Gasteiger partial charge is 0.480 e. The Balaban J connectivity index is 1.93. The molecule has 1 N–H and O–H groups in total. The van der Waals surface area contributed by atoms with E-state index in [-0.39, 0.29) is 18.4 Å². The number of carboxylic acid groups (broad SMARTS) is 1. The molecule has 1 amide bonds. The maximum Gasteiger partial charge on any atom is 0.323 e. The number of aliphatic carboxylic acids is 1. The van der Waals surface area contributed by atoms with Gasteiger partial charge in [-0.15, -0.1) is 0 Å². The first-order valence-electron chi connectivity index (χ1n) is 7.17. The van der Waals surface area contributed by atoms with E-state index in [0.29, 0.717) is 12.5 Å². The minimum atomic E-state index is -0.891. The molecule has 4 nitrogen and oxygen atoms in total. The molecule has 0 aromatic rings. The highest BCUT2D eigenvalue weighted by Gasteiger charge is 2.31. The zero-order valence-corrected chi connectivity index (χ0v) is 10.9. The van der Waals surface area contributed by atoms with Crippen LogP contribution in [-0.2, 0) is 9.59 Å². The van der Waals surface area contributed by atoms with Crippen molar-refractivity contribution >= 4 is 11.9 Å². The molecular weight excluding hydrogens is 230 g/mol. The molecule has 0 bridgehead atoms. The van der Waals surface area contributed by atoms with E-state index in [1.807, 2.05) is 0 Å². The minimum absolute atomic E-state index is 0.0746. The normalized spacial score (nSPS) is 21.3. The molecule has 2 saturated carbocycles. The van der Waals surface area contributed by atoms with Crippen LogP contribution < -0.4 is 0 Å². The van der Waals surface area contributed by atoms with Crippen molar-refractivity contribution in [2.75, 3.05) is 13.1 Å². The Kier molecular flexibility index (Phi) is 4.61. The van der Waals surface area contributed by atoms with E-state index in [9.17, 15) is 9.59 Å². The van der Waals surface area contributed by atoms with Gasteiger partial charge in [0.15, 0.2) is 0 Å². The zero-order chi connectivity index (χ0) is 13.0. The van der Waals surface area contributed by atoms with Gasteiger partial charge in [-0.25, -0.2) is 0 Å². The first-order chi connectivity index (χ1) is 8.66. The average molecular weight is 253 g/mol. The van der Waals surface area contributed by atoms with E-state index in [1.165, 1.54) is 12.8 Å². The van der Waals surface area contributed by atoms with Gasteiger partial charge in [0.1, 0.15) is 6.54 Å². The highest BCUT2D eigenvalue weighted by atomic mass is 16.4. The lowest BCUT2D eigenvalue weighted by Crippen LogP contribution is -2.40. The molecule has 2 aliphatic carbocycles. The molecule has 0 aliphatic heterocycles. The summed E-state index contributed by atoms with van der Waals surface area (Å²) in [6.45, 7) is 0.535. The minimum Gasteiger partial charge on any atom is -0.480 e. The topological polar surface area (TPSA) is 57.6 Å². The van der Waals surface area contributed by atoms with Gasteiger partial charge in [0.25, 0.3) is 0 Å². The van der Waals surface area contributed by atoms with Crippen molar-refractivity contribution in [3.63, 3.8) is 0 Å². The summed E-state index contributed by atoms with van der Waals surface area (Å²) >= 11 is 0. The Morgan fingerprint density at radius 3 is 2.11 bits per heavy atom. The number of nitrogens with zero attached hydrogens (tertiary/aromatic N) is 1. The molecule has 2 aliphatic rings. The Hall–Kier alpha value is -1.06. The molecule has 0 radical (unpaired) electrons. The first-order valence-corrected chi connectivity index (χ1v) is 7.17.